The number of hydrogen-bond donors (Lipinski definition) is 3. The Labute approximate surface area is 137 Å². The Bertz CT molecular complexity index is 900. The number of nitrogens with one attached hydrogen (secondary N) is 2. The van der Waals surface area contributed by atoms with Crippen LogP contribution in [0.2, 0.25) is 0 Å². The molecule has 0 unspecified atom stereocenters. The molecule has 0 spiro atoms. The van der Waals surface area contributed by atoms with E-state index in [-0.39, 0.29) is 11.5 Å². The summed E-state index contributed by atoms with van der Waals surface area (Å²) in [5.74, 6) is -0.874. The van der Waals surface area contributed by atoms with Gasteiger partial charge in [-0.2, -0.15) is 0 Å². The molecule has 7 heteroatoms. The summed E-state index contributed by atoms with van der Waals surface area (Å²) in [4.78, 5) is 30.0. The summed E-state index contributed by atoms with van der Waals surface area (Å²) < 4.78 is 4.93. The number of rotatable bonds is 5. The Balaban J connectivity index is 1.79. The second-order valence-electron chi connectivity index (χ2n) is 5.05. The minimum absolute atomic E-state index is 0.191. The van der Waals surface area contributed by atoms with Crippen molar-refractivity contribution in [2.75, 3.05) is 11.9 Å². The van der Waals surface area contributed by atoms with E-state index in [1.54, 1.807) is 37.3 Å². The largest absolute Gasteiger partial charge is 0.478 e. The number of nitrogens with zero attached hydrogens (tertiary/aromatic N) is 1. The van der Waals surface area contributed by atoms with Crippen molar-refractivity contribution in [2.24, 2.45) is 0 Å². The number of aromatic nitrogens is 2. The molecule has 0 radical (unpaired) electrons. The molecular formula is C17H15N3O4. The highest BCUT2D eigenvalue weighted by Gasteiger charge is 2.09. The minimum atomic E-state index is -0.990. The smallest absolute Gasteiger partial charge is 0.338 e. The van der Waals surface area contributed by atoms with Gasteiger partial charge in [-0.1, -0.05) is 0 Å². The van der Waals surface area contributed by atoms with Crippen LogP contribution < -0.4 is 5.32 Å². The van der Waals surface area contributed by atoms with Crippen LogP contribution in [0.1, 0.15) is 27.6 Å². The molecule has 0 fully saturated rings. The van der Waals surface area contributed by atoms with Gasteiger partial charge in [-0.15, -0.1) is 0 Å². The maximum Gasteiger partial charge on any atom is 0.338 e. The minimum Gasteiger partial charge on any atom is -0.478 e. The third kappa shape index (κ3) is 3.19. The number of imidazole rings is 1. The molecule has 2 aromatic carbocycles. The fraction of sp³-hybridized carbons (Fsp3) is 0.118. The van der Waals surface area contributed by atoms with Gasteiger partial charge in [0.25, 0.3) is 0 Å². The van der Waals surface area contributed by atoms with Crippen LogP contribution in [0, 0.1) is 0 Å². The maximum atomic E-state index is 11.6. The van der Waals surface area contributed by atoms with Crippen molar-refractivity contribution < 1.29 is 19.4 Å². The zero-order chi connectivity index (χ0) is 17.1. The Morgan fingerprint density at radius 1 is 1.17 bits per heavy atom. The maximum absolute atomic E-state index is 11.6. The number of hydrogen-bond acceptors (Lipinski definition) is 5. The molecule has 24 heavy (non-hydrogen) atoms. The first kappa shape index (κ1) is 15.5. The first-order chi connectivity index (χ1) is 11.6. The van der Waals surface area contributed by atoms with E-state index < -0.39 is 5.97 Å². The summed E-state index contributed by atoms with van der Waals surface area (Å²) in [5.41, 5.74) is 2.68. The fourth-order valence-electron chi connectivity index (χ4n) is 2.24. The number of aromatic carboxylic acids is 1. The van der Waals surface area contributed by atoms with E-state index in [4.69, 9.17) is 9.84 Å². The normalized spacial score (nSPS) is 10.5. The number of aromatic amines is 1. The van der Waals surface area contributed by atoms with Crippen molar-refractivity contribution in [3.63, 3.8) is 0 Å². The van der Waals surface area contributed by atoms with Crippen molar-refractivity contribution in [1.82, 2.24) is 9.97 Å². The van der Waals surface area contributed by atoms with Gasteiger partial charge in [0.1, 0.15) is 0 Å². The second-order valence-corrected chi connectivity index (χ2v) is 5.05. The molecule has 3 aromatic rings. The third-order valence-electron chi connectivity index (χ3n) is 3.39. The molecule has 3 rings (SSSR count). The molecule has 7 nitrogen and oxygen atoms in total. The van der Waals surface area contributed by atoms with Gasteiger partial charge in [-0.05, 0) is 49.4 Å². The van der Waals surface area contributed by atoms with Crippen molar-refractivity contribution in [3.8, 4) is 0 Å². The molecule has 0 saturated heterocycles. The highest BCUT2D eigenvalue weighted by Crippen LogP contribution is 2.20. The molecule has 3 N–H and O–H groups in total. The SMILES string of the molecule is CCOC(=O)c1ccc(Nc2nc3ccc(C(=O)O)cc3[nH]2)cc1. The van der Waals surface area contributed by atoms with Crippen molar-refractivity contribution in [1.29, 1.82) is 0 Å². The number of ether oxygens (including phenoxy) is 1. The van der Waals surface area contributed by atoms with Gasteiger partial charge >= 0.3 is 11.9 Å². The molecule has 1 heterocycles. The first-order valence-corrected chi connectivity index (χ1v) is 7.34. The molecule has 0 aliphatic rings. The summed E-state index contributed by atoms with van der Waals surface area (Å²) >= 11 is 0. The molecule has 0 amide bonds. The van der Waals surface area contributed by atoms with Crippen LogP contribution in [0.4, 0.5) is 11.6 Å². The summed E-state index contributed by atoms with van der Waals surface area (Å²) in [5, 5.41) is 12.1. The topological polar surface area (TPSA) is 104 Å². The zero-order valence-electron chi connectivity index (χ0n) is 12.9. The van der Waals surface area contributed by atoms with E-state index in [9.17, 15) is 9.59 Å². The van der Waals surface area contributed by atoms with E-state index >= 15 is 0 Å². The highest BCUT2D eigenvalue weighted by atomic mass is 16.5. The van der Waals surface area contributed by atoms with Crippen molar-refractivity contribution >= 4 is 34.6 Å². The number of fused-ring (bicyclic) bond motifs is 1. The van der Waals surface area contributed by atoms with Crippen molar-refractivity contribution in [2.45, 2.75) is 6.92 Å². The highest BCUT2D eigenvalue weighted by molar-refractivity contribution is 5.93. The number of esters is 1. The van der Waals surface area contributed by atoms with Crippen LogP contribution in [-0.2, 0) is 4.74 Å². The van der Waals surface area contributed by atoms with Crippen LogP contribution in [-0.4, -0.2) is 33.6 Å². The fourth-order valence-corrected chi connectivity index (χ4v) is 2.24. The van der Waals surface area contributed by atoms with E-state index in [2.05, 4.69) is 15.3 Å². The van der Waals surface area contributed by atoms with E-state index in [0.29, 0.717) is 29.2 Å². The summed E-state index contributed by atoms with van der Waals surface area (Å²) in [6.45, 7) is 2.08. The number of carboxylic acid groups (broad SMARTS) is 1. The van der Waals surface area contributed by atoms with Crippen LogP contribution >= 0.6 is 0 Å². The number of H-pyrrole nitrogens is 1. The number of carboxylic acids is 1. The standard InChI is InChI=1S/C17H15N3O4/c1-2-24-16(23)10-3-6-12(7-4-10)18-17-19-13-8-5-11(15(21)22)9-14(13)20-17/h3-9H,2H2,1H3,(H,21,22)(H2,18,19,20). The lowest BCUT2D eigenvalue weighted by Gasteiger charge is -2.04. The van der Waals surface area contributed by atoms with Gasteiger partial charge in [0.2, 0.25) is 5.95 Å². The molecule has 1 aromatic heterocycles. The van der Waals surface area contributed by atoms with Gasteiger partial charge in [-0.25, -0.2) is 14.6 Å². The lowest BCUT2D eigenvalue weighted by Crippen LogP contribution is -2.04. The van der Waals surface area contributed by atoms with Gasteiger partial charge < -0.3 is 20.1 Å². The lowest BCUT2D eigenvalue weighted by atomic mass is 10.2. The lowest BCUT2D eigenvalue weighted by molar-refractivity contribution is 0.0526. The number of carbonyl (C=O) groups excluding carboxylic acids is 1. The number of carbonyl (C=O) groups is 2. The first-order valence-electron chi connectivity index (χ1n) is 7.34. The summed E-state index contributed by atoms with van der Waals surface area (Å²) in [6, 6.07) is 11.5. The number of benzene rings is 2. The van der Waals surface area contributed by atoms with Gasteiger partial charge in [0, 0.05) is 5.69 Å². The van der Waals surface area contributed by atoms with Crippen LogP contribution in [0.25, 0.3) is 11.0 Å². The van der Waals surface area contributed by atoms with Crippen LogP contribution in [0.5, 0.6) is 0 Å². The van der Waals surface area contributed by atoms with Crippen LogP contribution in [0.15, 0.2) is 42.5 Å². The third-order valence-corrected chi connectivity index (χ3v) is 3.39. The van der Waals surface area contributed by atoms with E-state index in [0.717, 1.165) is 5.69 Å². The molecule has 0 bridgehead atoms. The summed E-state index contributed by atoms with van der Waals surface area (Å²) in [6.07, 6.45) is 0. The Morgan fingerprint density at radius 2 is 1.88 bits per heavy atom. The Kier molecular flexibility index (Phi) is 4.15. The zero-order valence-corrected chi connectivity index (χ0v) is 12.9. The molecule has 122 valence electrons. The molecule has 0 aliphatic heterocycles. The Morgan fingerprint density at radius 3 is 2.54 bits per heavy atom. The second kappa shape index (κ2) is 6.41. The molecule has 0 saturated carbocycles. The van der Waals surface area contributed by atoms with E-state index in [1.807, 2.05) is 0 Å². The Hall–Kier alpha value is -3.35. The average molecular weight is 325 g/mol. The molecular weight excluding hydrogens is 310 g/mol. The summed E-state index contributed by atoms with van der Waals surface area (Å²) in [7, 11) is 0. The van der Waals surface area contributed by atoms with Crippen LogP contribution in [0.3, 0.4) is 0 Å². The average Bonchev–Trinajstić information content (AvgIpc) is 2.97. The van der Waals surface area contributed by atoms with Gasteiger partial charge in [0.05, 0.1) is 28.8 Å². The molecule has 0 aliphatic carbocycles. The molecule has 0 atom stereocenters. The van der Waals surface area contributed by atoms with Crippen molar-refractivity contribution in [3.05, 3.63) is 53.6 Å². The monoisotopic (exact) mass is 325 g/mol. The predicted molar refractivity (Wildman–Crippen MR) is 88.7 cm³/mol. The van der Waals surface area contributed by atoms with Gasteiger partial charge in [-0.3, -0.25) is 0 Å². The van der Waals surface area contributed by atoms with Gasteiger partial charge in [0.15, 0.2) is 0 Å². The quantitative estimate of drug-likeness (QED) is 0.622. The predicted octanol–water partition coefficient (Wildman–Crippen LogP) is 3.18. The van der Waals surface area contributed by atoms with E-state index in [1.165, 1.54) is 12.1 Å². The number of anilines is 2.